The molecule has 0 bridgehead atoms. The lowest BCUT2D eigenvalue weighted by Gasteiger charge is -2.38. The fraction of sp³-hybridized carbons (Fsp3) is 0.480. The van der Waals surface area contributed by atoms with Gasteiger partial charge in [-0.2, -0.15) is 0 Å². The molecule has 2 aromatic rings. The molecule has 0 aliphatic carbocycles. The summed E-state index contributed by atoms with van der Waals surface area (Å²) < 4.78 is 6.30. The summed E-state index contributed by atoms with van der Waals surface area (Å²) >= 11 is 18.3. The zero-order chi connectivity index (χ0) is 24.8. The van der Waals surface area contributed by atoms with Gasteiger partial charge in [-0.25, -0.2) is 0 Å². The second-order valence-corrected chi connectivity index (χ2v) is 15.7. The number of carbonyl (C=O) groups excluding carboxylic acids is 1. The van der Waals surface area contributed by atoms with Gasteiger partial charge in [-0.15, -0.1) is 11.6 Å². The van der Waals surface area contributed by atoms with Crippen LogP contribution in [0.3, 0.4) is 0 Å². The highest BCUT2D eigenvalue weighted by atomic mass is 35.5. The Morgan fingerprint density at radius 1 is 1.09 bits per heavy atom. The van der Waals surface area contributed by atoms with Crippen LogP contribution in [0.25, 0.3) is 0 Å². The van der Waals surface area contributed by atoms with Crippen LogP contribution in [0.1, 0.15) is 37.8 Å². The van der Waals surface area contributed by atoms with E-state index in [2.05, 4.69) is 33.9 Å². The second-order valence-electron chi connectivity index (χ2n) is 9.81. The van der Waals surface area contributed by atoms with Gasteiger partial charge in [0.15, 0.2) is 8.32 Å². The number of hydrogen-bond acceptors (Lipinski definition) is 3. The minimum absolute atomic E-state index is 0.0136. The maximum atomic E-state index is 12.7. The fourth-order valence-electron chi connectivity index (χ4n) is 3.20. The van der Waals surface area contributed by atoms with Gasteiger partial charge < -0.3 is 14.4 Å². The highest BCUT2D eigenvalue weighted by molar-refractivity contribution is 6.74. The smallest absolute Gasteiger partial charge is 0.237 e. The molecule has 2 unspecified atom stereocenters. The van der Waals surface area contributed by atoms with E-state index in [0.717, 1.165) is 11.1 Å². The molecule has 0 heterocycles. The summed E-state index contributed by atoms with van der Waals surface area (Å²) in [5, 5.41) is 12.1. The Morgan fingerprint density at radius 2 is 1.73 bits per heavy atom. The zero-order valence-corrected chi connectivity index (χ0v) is 23.2. The largest absolute Gasteiger partial charge is 0.414 e. The molecule has 1 N–H and O–H groups in total. The Bertz CT molecular complexity index is 919. The van der Waals surface area contributed by atoms with Gasteiger partial charge in [0.25, 0.3) is 0 Å². The van der Waals surface area contributed by atoms with Crippen molar-refractivity contribution >= 4 is 49.0 Å². The van der Waals surface area contributed by atoms with E-state index >= 15 is 0 Å². The van der Waals surface area contributed by atoms with Gasteiger partial charge in [-0.3, -0.25) is 4.79 Å². The van der Waals surface area contributed by atoms with E-state index in [4.69, 9.17) is 39.2 Å². The van der Waals surface area contributed by atoms with Crippen LogP contribution >= 0.6 is 34.8 Å². The molecule has 0 spiro atoms. The summed E-state index contributed by atoms with van der Waals surface area (Å²) in [4.78, 5) is 14.4. The molecule has 4 nitrogen and oxygen atoms in total. The van der Waals surface area contributed by atoms with Crippen molar-refractivity contribution in [3.63, 3.8) is 0 Å². The summed E-state index contributed by atoms with van der Waals surface area (Å²) in [6, 6.07) is 15.0. The topological polar surface area (TPSA) is 49.8 Å². The van der Waals surface area contributed by atoms with E-state index < -0.39 is 20.3 Å². The molecule has 0 saturated heterocycles. The molecule has 0 radical (unpaired) electrons. The first-order valence-electron chi connectivity index (χ1n) is 11.0. The molecular weight excluding hydrogens is 497 g/mol. The maximum absolute atomic E-state index is 12.7. The first-order valence-corrected chi connectivity index (χ1v) is 15.2. The maximum Gasteiger partial charge on any atom is 0.237 e. The highest BCUT2D eigenvalue weighted by Crippen LogP contribution is 2.37. The minimum Gasteiger partial charge on any atom is -0.414 e. The average Bonchev–Trinajstić information content (AvgIpc) is 2.76. The van der Waals surface area contributed by atoms with Crippen molar-refractivity contribution in [1.82, 2.24) is 4.90 Å². The third-order valence-electron chi connectivity index (χ3n) is 6.36. The predicted molar refractivity (Wildman–Crippen MR) is 141 cm³/mol. The Labute approximate surface area is 213 Å². The minimum atomic E-state index is -2.07. The number of carbonyl (C=O) groups is 1. The van der Waals surface area contributed by atoms with Gasteiger partial charge in [0.05, 0.1) is 22.8 Å². The number of nitrogens with zero attached hydrogens (tertiary/aromatic N) is 1. The van der Waals surface area contributed by atoms with Crippen LogP contribution in [0, 0.1) is 0 Å². The van der Waals surface area contributed by atoms with Gasteiger partial charge in [0.1, 0.15) is 5.88 Å². The van der Waals surface area contributed by atoms with Crippen LogP contribution in [0.2, 0.25) is 28.2 Å². The number of amides is 1. The summed E-state index contributed by atoms with van der Waals surface area (Å²) in [6.45, 7) is 11.6. The fourth-order valence-corrected chi connectivity index (χ4v) is 4.69. The lowest BCUT2D eigenvalue weighted by molar-refractivity contribution is -0.129. The second kappa shape index (κ2) is 12.1. The van der Waals surface area contributed by atoms with E-state index in [-0.39, 0.29) is 30.0 Å². The van der Waals surface area contributed by atoms with E-state index in [1.165, 1.54) is 0 Å². The molecule has 1 amide bonds. The van der Waals surface area contributed by atoms with E-state index in [9.17, 15) is 9.90 Å². The summed E-state index contributed by atoms with van der Waals surface area (Å²) in [5.74, 6) is -0.777. The normalized spacial score (nSPS) is 14.1. The molecule has 2 rings (SSSR count). The molecule has 0 aliphatic heterocycles. The average molecular weight is 531 g/mol. The van der Waals surface area contributed by atoms with E-state index in [1.54, 1.807) is 17.0 Å². The lowest BCUT2D eigenvalue weighted by atomic mass is 9.92. The van der Waals surface area contributed by atoms with Gasteiger partial charge in [-0.05, 0) is 41.4 Å². The first kappa shape index (κ1) is 28.2. The molecule has 0 fully saturated rings. The van der Waals surface area contributed by atoms with Crippen molar-refractivity contribution in [2.24, 2.45) is 0 Å². The molecule has 2 atom stereocenters. The van der Waals surface area contributed by atoms with Crippen LogP contribution in [-0.2, 0) is 15.8 Å². The van der Waals surface area contributed by atoms with Crippen molar-refractivity contribution < 1.29 is 14.3 Å². The molecular formula is C25H34Cl3NO3Si. The molecule has 0 aromatic heterocycles. The van der Waals surface area contributed by atoms with Crippen LogP contribution in [0.4, 0.5) is 0 Å². The van der Waals surface area contributed by atoms with Crippen molar-refractivity contribution in [2.75, 3.05) is 19.0 Å². The Kier molecular flexibility index (Phi) is 10.3. The highest BCUT2D eigenvalue weighted by Gasteiger charge is 2.38. The number of halogens is 3. The number of aliphatic hydroxyl groups is 1. The van der Waals surface area contributed by atoms with Crippen molar-refractivity contribution in [2.45, 2.75) is 57.5 Å². The zero-order valence-electron chi connectivity index (χ0n) is 19.9. The van der Waals surface area contributed by atoms with Crippen LogP contribution < -0.4 is 0 Å². The molecule has 0 saturated carbocycles. The van der Waals surface area contributed by atoms with Gasteiger partial charge in [0, 0.05) is 19.0 Å². The molecule has 0 aliphatic rings. The molecule has 33 heavy (non-hydrogen) atoms. The third-order valence-corrected chi connectivity index (χ3v) is 11.8. The number of rotatable bonds is 10. The molecule has 8 heteroatoms. The van der Waals surface area contributed by atoms with E-state index in [0.29, 0.717) is 16.6 Å². The quantitative estimate of drug-likeness (QED) is 0.274. The van der Waals surface area contributed by atoms with Crippen LogP contribution in [-0.4, -0.2) is 49.4 Å². The monoisotopic (exact) mass is 529 g/mol. The van der Waals surface area contributed by atoms with Crippen LogP contribution in [0.15, 0.2) is 48.5 Å². The standard InChI is InChI=1S/C25H34Cl3NO3Si/c1-25(2,3)33(4,5)32-17-23(30)20(19-11-12-21(27)22(28)13-19)16-29(24(31)14-26)15-18-9-7-6-8-10-18/h6-13,20,23,30H,14-17H2,1-5H3. The summed E-state index contributed by atoms with van der Waals surface area (Å²) in [6.07, 6.45) is -0.849. The Morgan fingerprint density at radius 3 is 2.27 bits per heavy atom. The number of hydrogen-bond donors (Lipinski definition) is 1. The third kappa shape index (κ3) is 7.98. The summed E-state index contributed by atoms with van der Waals surface area (Å²) in [5.41, 5.74) is 1.77. The lowest BCUT2D eigenvalue weighted by Crippen LogP contribution is -2.45. The van der Waals surface area contributed by atoms with Gasteiger partial charge >= 0.3 is 0 Å². The number of aliphatic hydroxyl groups excluding tert-OH is 1. The molecule has 182 valence electrons. The Hall–Kier alpha value is -1.08. The first-order chi connectivity index (χ1) is 15.4. The Balaban J connectivity index is 2.34. The number of alkyl halides is 1. The SMILES string of the molecule is CC(C)(C)[Si](C)(C)OCC(O)C(CN(Cc1ccccc1)C(=O)CCl)c1ccc(Cl)c(Cl)c1. The predicted octanol–water partition coefficient (Wildman–Crippen LogP) is 6.73. The van der Waals surface area contributed by atoms with E-state index in [1.807, 2.05) is 36.4 Å². The van der Waals surface area contributed by atoms with Crippen molar-refractivity contribution in [3.8, 4) is 0 Å². The summed E-state index contributed by atoms with van der Waals surface area (Å²) in [7, 11) is -2.07. The van der Waals surface area contributed by atoms with Crippen molar-refractivity contribution in [3.05, 3.63) is 69.7 Å². The number of benzene rings is 2. The van der Waals surface area contributed by atoms with Crippen LogP contribution in [0.5, 0.6) is 0 Å². The molecule has 2 aromatic carbocycles. The van der Waals surface area contributed by atoms with Gasteiger partial charge in [0.2, 0.25) is 5.91 Å². The van der Waals surface area contributed by atoms with Gasteiger partial charge in [-0.1, -0.05) is 80.4 Å². The van der Waals surface area contributed by atoms with Crippen molar-refractivity contribution in [1.29, 1.82) is 0 Å².